The highest BCUT2D eigenvalue weighted by atomic mass is 79.9. The fraction of sp³-hybridized carbons (Fsp3) is 0.125. The largest absolute Gasteiger partial charge is 0.478 e. The molecule has 0 radical (unpaired) electrons. The molecule has 1 heterocycles. The number of rotatable bonds is 7. The summed E-state index contributed by atoms with van der Waals surface area (Å²) in [4.78, 5) is 24.2. The van der Waals surface area contributed by atoms with Crippen LogP contribution in [0.2, 0.25) is 0 Å². The van der Waals surface area contributed by atoms with Gasteiger partial charge in [0.1, 0.15) is 0 Å². The first-order valence-corrected chi connectivity index (χ1v) is 13.1. The van der Waals surface area contributed by atoms with E-state index in [-0.39, 0.29) is 11.5 Å². The fourth-order valence-corrected chi connectivity index (χ4v) is 5.05. The van der Waals surface area contributed by atoms with Gasteiger partial charge in [0.05, 0.1) is 5.56 Å². The summed E-state index contributed by atoms with van der Waals surface area (Å²) in [6.07, 6.45) is 0. The molecule has 0 unspecified atom stereocenters. The van der Waals surface area contributed by atoms with Crippen LogP contribution in [0, 0.1) is 13.8 Å². The first-order chi connectivity index (χ1) is 18.3. The van der Waals surface area contributed by atoms with Gasteiger partial charge in [0.25, 0.3) is 5.91 Å². The van der Waals surface area contributed by atoms with E-state index >= 15 is 0 Å². The average molecular weight is 567 g/mol. The first kappa shape index (κ1) is 25.5. The number of benzene rings is 4. The van der Waals surface area contributed by atoms with Crippen molar-refractivity contribution in [1.82, 2.24) is 9.88 Å². The van der Waals surface area contributed by atoms with Crippen LogP contribution in [0.25, 0.3) is 22.0 Å². The minimum atomic E-state index is -0.934. The van der Waals surface area contributed by atoms with Crippen molar-refractivity contribution in [1.29, 1.82) is 0 Å². The van der Waals surface area contributed by atoms with Crippen molar-refractivity contribution in [3.63, 3.8) is 0 Å². The molecule has 1 amide bonds. The van der Waals surface area contributed by atoms with Crippen molar-refractivity contribution in [2.45, 2.75) is 26.9 Å². The highest BCUT2D eigenvalue weighted by molar-refractivity contribution is 9.10. The number of amides is 1. The number of carbonyl (C=O) groups excluding carboxylic acids is 1. The Morgan fingerprint density at radius 3 is 2.26 bits per heavy atom. The third kappa shape index (κ3) is 5.13. The summed E-state index contributed by atoms with van der Waals surface area (Å²) in [7, 11) is 0. The van der Waals surface area contributed by atoms with Gasteiger partial charge in [-0.3, -0.25) is 4.79 Å². The maximum absolute atomic E-state index is 12.9. The van der Waals surface area contributed by atoms with Crippen molar-refractivity contribution < 1.29 is 14.7 Å². The monoisotopic (exact) mass is 566 g/mol. The third-order valence-electron chi connectivity index (χ3n) is 7.06. The van der Waals surface area contributed by atoms with E-state index in [0.29, 0.717) is 18.7 Å². The van der Waals surface area contributed by atoms with Gasteiger partial charge < -0.3 is 15.0 Å². The molecule has 4 aromatic carbocycles. The number of nitrogens with zero attached hydrogens (tertiary/aromatic N) is 1. The van der Waals surface area contributed by atoms with Gasteiger partial charge in [-0.25, -0.2) is 4.79 Å². The van der Waals surface area contributed by atoms with Crippen molar-refractivity contribution in [3.05, 3.63) is 129 Å². The highest BCUT2D eigenvalue weighted by Gasteiger charge is 2.16. The Morgan fingerprint density at radius 2 is 1.55 bits per heavy atom. The first-order valence-electron chi connectivity index (χ1n) is 12.4. The molecule has 1 aromatic heterocycles. The number of nitrogens with one attached hydrogen (secondary N) is 1. The standard InChI is InChI=1S/C32H27BrN2O3/c1-20-21(2)35(19-26-5-3-4-6-28(26)23-9-11-24(12-10-23)32(37)38)30-16-13-25(17-29(20)30)31(36)34-18-22-7-14-27(33)15-8-22/h3-17H,18-19H2,1-2H3,(H,34,36)(H,37,38). The van der Waals surface area contributed by atoms with Crippen molar-refractivity contribution in [2.75, 3.05) is 0 Å². The van der Waals surface area contributed by atoms with Crippen LogP contribution in [0.3, 0.4) is 0 Å². The zero-order valence-corrected chi connectivity index (χ0v) is 22.7. The number of aryl methyl sites for hydroxylation is 1. The van der Waals surface area contributed by atoms with E-state index in [1.165, 1.54) is 0 Å². The molecule has 0 aliphatic rings. The van der Waals surface area contributed by atoms with Crippen LogP contribution in [-0.2, 0) is 13.1 Å². The third-order valence-corrected chi connectivity index (χ3v) is 7.58. The smallest absolute Gasteiger partial charge is 0.335 e. The second kappa shape index (κ2) is 10.7. The molecule has 0 saturated heterocycles. The topological polar surface area (TPSA) is 71.3 Å². The number of aromatic carboxylic acids is 1. The molecule has 5 rings (SSSR count). The summed E-state index contributed by atoms with van der Waals surface area (Å²) < 4.78 is 3.28. The molecule has 0 fully saturated rings. The van der Waals surface area contributed by atoms with Gasteiger partial charge in [-0.1, -0.05) is 64.5 Å². The second-order valence-corrected chi connectivity index (χ2v) is 10.3. The molecule has 2 N–H and O–H groups in total. The molecule has 5 aromatic rings. The van der Waals surface area contributed by atoms with E-state index in [0.717, 1.165) is 48.9 Å². The minimum absolute atomic E-state index is 0.102. The lowest BCUT2D eigenvalue weighted by atomic mass is 9.98. The van der Waals surface area contributed by atoms with Crippen LogP contribution in [0.4, 0.5) is 0 Å². The number of hydrogen-bond acceptors (Lipinski definition) is 2. The summed E-state index contributed by atoms with van der Waals surface area (Å²) in [6.45, 7) is 5.32. The SMILES string of the molecule is Cc1c(C)n(Cc2ccccc2-c2ccc(C(=O)O)cc2)c2ccc(C(=O)NCc3ccc(Br)cc3)cc12. The Labute approximate surface area is 229 Å². The average Bonchev–Trinajstić information content (AvgIpc) is 3.17. The molecule has 6 heteroatoms. The lowest BCUT2D eigenvalue weighted by Gasteiger charge is -2.14. The maximum Gasteiger partial charge on any atom is 0.335 e. The normalized spacial score (nSPS) is 11.0. The summed E-state index contributed by atoms with van der Waals surface area (Å²) in [5.74, 6) is -1.04. The number of carbonyl (C=O) groups is 2. The molecule has 0 aliphatic heterocycles. The van der Waals surface area contributed by atoms with Gasteiger partial charge >= 0.3 is 5.97 Å². The van der Waals surface area contributed by atoms with Crippen LogP contribution in [0.15, 0.2) is 95.5 Å². The predicted molar refractivity (Wildman–Crippen MR) is 155 cm³/mol. The quantitative estimate of drug-likeness (QED) is 0.216. The Morgan fingerprint density at radius 1 is 0.868 bits per heavy atom. The Kier molecular flexibility index (Phi) is 7.16. The molecular formula is C32H27BrN2O3. The van der Waals surface area contributed by atoms with E-state index in [1.54, 1.807) is 12.1 Å². The molecule has 5 nitrogen and oxygen atoms in total. The number of hydrogen-bond donors (Lipinski definition) is 2. The van der Waals surface area contributed by atoms with Crippen LogP contribution < -0.4 is 5.32 Å². The Balaban J connectivity index is 1.42. The predicted octanol–water partition coefficient (Wildman–Crippen LogP) is 7.36. The Hall–Kier alpha value is -4.16. The van der Waals surface area contributed by atoms with Gasteiger partial charge in [0, 0.05) is 39.7 Å². The number of aromatic nitrogens is 1. The zero-order valence-electron chi connectivity index (χ0n) is 21.2. The lowest BCUT2D eigenvalue weighted by molar-refractivity contribution is 0.0696. The van der Waals surface area contributed by atoms with Gasteiger partial charge in [0.2, 0.25) is 0 Å². The zero-order chi connectivity index (χ0) is 26.8. The molecule has 0 spiro atoms. The van der Waals surface area contributed by atoms with E-state index in [1.807, 2.05) is 66.7 Å². The summed E-state index contributed by atoms with van der Waals surface area (Å²) in [5.41, 5.74) is 8.46. The summed E-state index contributed by atoms with van der Waals surface area (Å²) in [5, 5.41) is 13.3. The highest BCUT2D eigenvalue weighted by Crippen LogP contribution is 2.30. The molecule has 0 atom stereocenters. The van der Waals surface area contributed by atoms with Gasteiger partial charge in [-0.2, -0.15) is 0 Å². The van der Waals surface area contributed by atoms with Crippen molar-refractivity contribution in [3.8, 4) is 11.1 Å². The number of fused-ring (bicyclic) bond motifs is 1. The molecular weight excluding hydrogens is 540 g/mol. The molecule has 0 bridgehead atoms. The summed E-state index contributed by atoms with van der Waals surface area (Å²) >= 11 is 3.43. The van der Waals surface area contributed by atoms with Crippen LogP contribution >= 0.6 is 15.9 Å². The van der Waals surface area contributed by atoms with Crippen LogP contribution in [0.5, 0.6) is 0 Å². The summed E-state index contributed by atoms with van der Waals surface area (Å²) in [6, 6.07) is 28.9. The van der Waals surface area contributed by atoms with Gasteiger partial charge in [0.15, 0.2) is 0 Å². The van der Waals surface area contributed by atoms with E-state index in [2.05, 4.69) is 51.8 Å². The van der Waals surface area contributed by atoms with Gasteiger partial charge in [-0.15, -0.1) is 0 Å². The molecule has 0 aliphatic carbocycles. The van der Waals surface area contributed by atoms with Crippen LogP contribution in [-0.4, -0.2) is 21.6 Å². The van der Waals surface area contributed by atoms with Crippen molar-refractivity contribution >= 4 is 38.7 Å². The van der Waals surface area contributed by atoms with Gasteiger partial charge in [-0.05, 0) is 84.1 Å². The van der Waals surface area contributed by atoms with E-state index < -0.39 is 5.97 Å². The fourth-order valence-electron chi connectivity index (χ4n) is 4.78. The molecule has 38 heavy (non-hydrogen) atoms. The lowest BCUT2D eigenvalue weighted by Crippen LogP contribution is -2.22. The maximum atomic E-state index is 12.9. The second-order valence-electron chi connectivity index (χ2n) is 9.38. The van der Waals surface area contributed by atoms with E-state index in [9.17, 15) is 14.7 Å². The number of halogens is 1. The van der Waals surface area contributed by atoms with E-state index in [4.69, 9.17) is 0 Å². The number of carboxylic acid groups (broad SMARTS) is 1. The van der Waals surface area contributed by atoms with Crippen molar-refractivity contribution in [2.24, 2.45) is 0 Å². The molecule has 190 valence electrons. The van der Waals surface area contributed by atoms with Crippen LogP contribution in [0.1, 0.15) is 43.1 Å². The Bertz CT molecular complexity index is 1650. The minimum Gasteiger partial charge on any atom is -0.478 e. The molecule has 0 saturated carbocycles. The number of carboxylic acids is 1.